The van der Waals surface area contributed by atoms with Crippen molar-refractivity contribution in [2.75, 3.05) is 7.11 Å². The van der Waals surface area contributed by atoms with E-state index in [0.29, 0.717) is 31.4 Å². The molecule has 0 radical (unpaired) electrons. The summed E-state index contributed by atoms with van der Waals surface area (Å²) in [4.78, 5) is 9.28. The van der Waals surface area contributed by atoms with Crippen LogP contribution in [0.3, 0.4) is 0 Å². The number of hydrogen-bond donors (Lipinski definition) is 3. The van der Waals surface area contributed by atoms with Gasteiger partial charge < -0.3 is 15.2 Å². The lowest BCUT2D eigenvalue weighted by Gasteiger charge is -2.18. The molecule has 2 saturated carbocycles. The van der Waals surface area contributed by atoms with E-state index in [0.717, 1.165) is 12.1 Å². The lowest BCUT2D eigenvalue weighted by molar-refractivity contribution is -0.139. The van der Waals surface area contributed by atoms with Crippen LogP contribution in [0.2, 0.25) is 0 Å². The van der Waals surface area contributed by atoms with Crippen LogP contribution in [-0.4, -0.2) is 53.8 Å². The Morgan fingerprint density at radius 1 is 1.32 bits per heavy atom. The Balaban J connectivity index is 0.000000302. The van der Waals surface area contributed by atoms with Gasteiger partial charge in [0.1, 0.15) is 5.54 Å². The van der Waals surface area contributed by atoms with Crippen molar-refractivity contribution in [1.29, 1.82) is 5.26 Å². The van der Waals surface area contributed by atoms with Crippen LogP contribution in [0.25, 0.3) is 11.3 Å². The maximum absolute atomic E-state index is 13.5. The van der Waals surface area contributed by atoms with Crippen LogP contribution in [0.4, 0.5) is 18.0 Å². The highest BCUT2D eigenvalue weighted by atomic mass is 32.2. The minimum atomic E-state index is -4.78. The molecule has 9 nitrogen and oxygen atoms in total. The number of hydrogen-bond acceptors (Lipinski definition) is 6. The van der Waals surface area contributed by atoms with Crippen LogP contribution >= 0.6 is 0 Å². The summed E-state index contributed by atoms with van der Waals surface area (Å²) >= 11 is 0. The molecular formula is C21H23F3N4O5S. The number of benzene rings is 1. The van der Waals surface area contributed by atoms with E-state index < -0.39 is 43.4 Å². The van der Waals surface area contributed by atoms with E-state index in [1.165, 1.54) is 25.4 Å². The molecule has 2 aliphatic rings. The summed E-state index contributed by atoms with van der Waals surface area (Å²) in [5.74, 6) is 0. The van der Waals surface area contributed by atoms with Crippen molar-refractivity contribution < 1.29 is 36.2 Å². The Kier molecular flexibility index (Phi) is 7.23. The van der Waals surface area contributed by atoms with Gasteiger partial charge in [-0.15, -0.1) is 0 Å². The van der Waals surface area contributed by atoms with E-state index in [1.54, 1.807) is 0 Å². The van der Waals surface area contributed by atoms with Gasteiger partial charge in [-0.2, -0.15) is 23.5 Å². The quantitative estimate of drug-likeness (QED) is 0.567. The third kappa shape index (κ3) is 5.68. The Morgan fingerprint density at radius 2 is 2.03 bits per heavy atom. The minimum absolute atomic E-state index is 0.207. The molecule has 0 aliphatic heterocycles. The molecule has 3 N–H and O–H groups in total. The highest BCUT2D eigenvalue weighted by Gasteiger charge is 2.45. The Labute approximate surface area is 193 Å². The molecule has 1 aromatic heterocycles. The summed E-state index contributed by atoms with van der Waals surface area (Å²) in [6.07, 6.45) is -2.40. The van der Waals surface area contributed by atoms with Crippen LogP contribution in [0.1, 0.15) is 37.7 Å². The number of nitrogens with one attached hydrogen (secondary N) is 2. The summed E-state index contributed by atoms with van der Waals surface area (Å²) in [6.45, 7) is 0. The van der Waals surface area contributed by atoms with Gasteiger partial charge in [0.15, 0.2) is 9.84 Å². The number of amides is 1. The maximum atomic E-state index is 13.5. The molecule has 13 heteroatoms. The third-order valence-corrected chi connectivity index (χ3v) is 8.10. The van der Waals surface area contributed by atoms with Gasteiger partial charge in [0.05, 0.1) is 33.6 Å². The second-order valence-corrected chi connectivity index (χ2v) is 10.3. The highest BCUT2D eigenvalue weighted by molar-refractivity contribution is 7.92. The summed E-state index contributed by atoms with van der Waals surface area (Å²) in [5, 5.41) is 24.0. The summed E-state index contributed by atoms with van der Waals surface area (Å²) in [7, 11) is -2.63. The molecule has 0 spiro atoms. The number of nitrogens with zero attached hydrogens (tertiary/aromatic N) is 2. The van der Waals surface area contributed by atoms with Gasteiger partial charge in [0.25, 0.3) is 0 Å². The molecule has 184 valence electrons. The van der Waals surface area contributed by atoms with E-state index in [2.05, 4.69) is 15.5 Å². The van der Waals surface area contributed by atoms with Crippen LogP contribution in [0.5, 0.6) is 0 Å². The van der Waals surface area contributed by atoms with E-state index >= 15 is 0 Å². The predicted octanol–water partition coefficient (Wildman–Crippen LogP) is 3.75. The molecule has 34 heavy (non-hydrogen) atoms. The number of ether oxygens (including phenoxy) is 1. The van der Waals surface area contributed by atoms with Crippen molar-refractivity contribution in [3.63, 3.8) is 0 Å². The minimum Gasteiger partial charge on any atom is -0.465 e. The molecule has 0 bridgehead atoms. The number of halogens is 3. The number of carbonyl (C=O) groups is 1. The molecule has 2 aliphatic carbocycles. The number of H-pyrrole nitrogens is 1. The summed E-state index contributed by atoms with van der Waals surface area (Å²) in [6, 6.07) is 6.66. The first kappa shape index (κ1) is 25.5. The third-order valence-electron chi connectivity index (χ3n) is 5.82. The van der Waals surface area contributed by atoms with Crippen LogP contribution in [0.15, 0.2) is 35.4 Å². The number of methoxy groups -OCH3 is 1. The Hall–Kier alpha value is -3.11. The van der Waals surface area contributed by atoms with Gasteiger partial charge in [0.2, 0.25) is 0 Å². The van der Waals surface area contributed by atoms with Crippen molar-refractivity contribution >= 4 is 15.9 Å². The van der Waals surface area contributed by atoms with Crippen molar-refractivity contribution in [1.82, 2.24) is 15.5 Å². The van der Waals surface area contributed by atoms with Crippen molar-refractivity contribution in [3.8, 4) is 17.3 Å². The fourth-order valence-corrected chi connectivity index (χ4v) is 5.77. The monoisotopic (exact) mass is 500 g/mol. The molecule has 2 aromatic rings. The molecule has 1 aromatic carbocycles. The molecular weight excluding hydrogens is 477 g/mol. The molecule has 0 saturated heterocycles. The van der Waals surface area contributed by atoms with Crippen LogP contribution in [0, 0.1) is 11.3 Å². The first-order valence-corrected chi connectivity index (χ1v) is 11.9. The number of aromatic amines is 1. The van der Waals surface area contributed by atoms with E-state index in [4.69, 9.17) is 15.1 Å². The first-order chi connectivity index (χ1) is 15.9. The maximum Gasteiger partial charge on any atom is 0.417 e. The first-order valence-electron chi connectivity index (χ1n) is 10.3. The number of sulfone groups is 1. The SMILES string of the molecule is CO[C@@H]1CC[C@@H](S(=O)(=O)c2ccc(-c3ccn[nH]3)cc2C(F)(F)F)C1.N#CC1(NC(=O)O)CC1. The smallest absolute Gasteiger partial charge is 0.417 e. The average Bonchev–Trinajstić information content (AvgIpc) is 3.19. The zero-order valence-corrected chi connectivity index (χ0v) is 18.9. The zero-order chi connectivity index (χ0) is 25.1. The fraction of sp³-hybridized carbons (Fsp3) is 0.476. The molecule has 2 atom stereocenters. The van der Waals surface area contributed by atoms with E-state index in [-0.39, 0.29) is 18.1 Å². The lowest BCUT2D eigenvalue weighted by Crippen LogP contribution is -2.33. The van der Waals surface area contributed by atoms with Gasteiger partial charge in [-0.1, -0.05) is 6.07 Å². The average molecular weight is 500 g/mol. The fourth-order valence-electron chi connectivity index (χ4n) is 3.75. The Morgan fingerprint density at radius 3 is 2.47 bits per heavy atom. The summed E-state index contributed by atoms with van der Waals surface area (Å²) < 4.78 is 71.3. The molecule has 0 unspecified atom stereocenters. The number of nitriles is 1. The zero-order valence-electron chi connectivity index (χ0n) is 18.1. The largest absolute Gasteiger partial charge is 0.465 e. The van der Waals surface area contributed by atoms with Crippen LogP contribution in [-0.2, 0) is 20.8 Å². The van der Waals surface area contributed by atoms with E-state index in [1.807, 2.05) is 6.07 Å². The van der Waals surface area contributed by atoms with Gasteiger partial charge in [-0.3, -0.25) is 5.10 Å². The highest BCUT2D eigenvalue weighted by Crippen LogP contribution is 2.40. The van der Waals surface area contributed by atoms with Gasteiger partial charge in [0, 0.05) is 18.9 Å². The number of alkyl halides is 3. The number of rotatable bonds is 5. The summed E-state index contributed by atoms with van der Waals surface area (Å²) in [5.41, 5.74) is -1.27. The second kappa shape index (κ2) is 9.63. The lowest BCUT2D eigenvalue weighted by atomic mass is 10.1. The van der Waals surface area contributed by atoms with Gasteiger partial charge in [-0.05, 0) is 50.3 Å². The molecule has 1 heterocycles. The van der Waals surface area contributed by atoms with Crippen LogP contribution < -0.4 is 5.32 Å². The molecule has 4 rings (SSSR count). The normalized spacial score (nSPS) is 21.1. The topological polar surface area (TPSA) is 145 Å². The molecule has 2 fully saturated rings. The number of aromatic nitrogens is 2. The van der Waals surface area contributed by atoms with Gasteiger partial charge in [-0.25, -0.2) is 13.2 Å². The van der Waals surface area contributed by atoms with Gasteiger partial charge >= 0.3 is 12.3 Å². The van der Waals surface area contributed by atoms with E-state index in [9.17, 15) is 26.4 Å². The molecule has 1 amide bonds. The number of carboxylic acid groups (broad SMARTS) is 1. The standard InChI is InChI=1S/C16H17F3N2O3S.C5H6N2O2/c1-24-11-3-4-12(9-11)25(22,23)15-5-2-10(14-6-7-20-21-14)8-13(15)16(17,18)19;6-3-5(1-2-5)7-4(8)9/h2,5-8,11-12H,3-4,9H2,1H3,(H,20,21);7H,1-2H2,(H,8,9)/t11-,12-;/m1./s1. The van der Waals surface area contributed by atoms with Crippen molar-refractivity contribution in [2.45, 2.75) is 60.1 Å². The predicted molar refractivity (Wildman–Crippen MR) is 113 cm³/mol. The Bertz CT molecular complexity index is 1170. The van der Waals surface area contributed by atoms with Crippen molar-refractivity contribution in [3.05, 3.63) is 36.0 Å². The van der Waals surface area contributed by atoms with Crippen molar-refractivity contribution in [2.24, 2.45) is 0 Å². The second-order valence-electron chi connectivity index (χ2n) is 8.14.